The highest BCUT2D eigenvalue weighted by molar-refractivity contribution is 5.97. The normalized spacial score (nSPS) is 16.6. The zero-order valence-electron chi connectivity index (χ0n) is 73.5. The molecule has 0 bridgehead atoms. The highest BCUT2D eigenvalue weighted by Gasteiger charge is 2.45. The third kappa shape index (κ3) is 20.5. The Hall–Kier alpha value is -14.3. The SMILES string of the molecule is COc1ccc(-c2ccc(C(C)=O)cc2C)cc1-c1ccc(C(F)(F)F)cc1CN1C(=O)O[C@H](c2cc(F)c(F)c(F)c2)[C@@H]1C.COc1ccc(-c2ccc(C(C)=O)cc2C)cc1-c1ccc(C(F)(F)F)cc1CN1C(=O)O[C@H](c2cccc(F)c2)[C@@H]1C.COc1cccc([C@H]2OC(=O)N(Cc3cc(C(F)(F)F)ccc3-c3cc(-c4ccc(C(C)=O)cc4C)ccc3OC)[C@H]2C)c1. The molecule has 0 saturated carbocycles. The highest BCUT2D eigenvalue weighted by atomic mass is 19.4. The predicted octanol–water partition coefficient (Wildman–Crippen LogP) is 26.5. The predicted molar refractivity (Wildman–Crippen MR) is 469 cm³/mol. The first kappa shape index (κ1) is 95.3. The van der Waals surface area contributed by atoms with Crippen molar-refractivity contribution in [1.29, 1.82) is 0 Å². The summed E-state index contributed by atoms with van der Waals surface area (Å²) in [5.74, 6) is -3.47. The molecule has 3 heterocycles. The van der Waals surface area contributed by atoms with Gasteiger partial charge in [0.15, 0.2) is 34.8 Å². The van der Waals surface area contributed by atoms with Gasteiger partial charge in [-0.25, -0.2) is 31.9 Å². The van der Waals surface area contributed by atoms with Gasteiger partial charge in [0.05, 0.1) is 82.9 Å². The molecule has 0 N–H and O–H groups in total. The van der Waals surface area contributed by atoms with Crippen LogP contribution in [0.1, 0.15) is 158 Å². The van der Waals surface area contributed by atoms with E-state index in [1.165, 1.54) is 102 Å². The first-order valence-electron chi connectivity index (χ1n) is 41.4. The highest BCUT2D eigenvalue weighted by Crippen LogP contribution is 2.48. The zero-order chi connectivity index (χ0) is 95.6. The summed E-state index contributed by atoms with van der Waals surface area (Å²) in [6.07, 6.45) is -18.8. The number of ether oxygens (including phenoxy) is 7. The van der Waals surface area contributed by atoms with Gasteiger partial charge < -0.3 is 33.2 Å². The molecule has 16 nitrogen and oxygen atoms in total. The lowest BCUT2D eigenvalue weighted by Gasteiger charge is -2.24. The number of carbonyl (C=O) groups is 6. The van der Waals surface area contributed by atoms with Crippen molar-refractivity contribution in [1.82, 2.24) is 14.7 Å². The molecule has 29 heteroatoms. The topological polar surface area (TPSA) is 177 Å². The number of nitrogens with zero attached hydrogens (tertiary/aromatic N) is 3. The molecule has 12 aromatic carbocycles. The van der Waals surface area contributed by atoms with Gasteiger partial charge >= 0.3 is 36.8 Å². The van der Waals surface area contributed by atoms with Gasteiger partial charge in [0.1, 0.15) is 47.1 Å². The van der Waals surface area contributed by atoms with E-state index in [0.717, 1.165) is 91.4 Å². The number of hydrogen-bond donors (Lipinski definition) is 0. The number of amides is 3. The second-order valence-electron chi connectivity index (χ2n) is 32.3. The van der Waals surface area contributed by atoms with E-state index in [-0.39, 0.29) is 59.2 Å². The van der Waals surface area contributed by atoms with Crippen LogP contribution in [0.4, 0.5) is 71.5 Å². The number of alkyl halides is 9. The summed E-state index contributed by atoms with van der Waals surface area (Å²) in [6.45, 7) is 14.4. The van der Waals surface area contributed by atoms with Crippen molar-refractivity contribution >= 4 is 35.6 Å². The first-order valence-corrected chi connectivity index (χ1v) is 41.4. The lowest BCUT2D eigenvalue weighted by Crippen LogP contribution is -2.31. The van der Waals surface area contributed by atoms with Crippen molar-refractivity contribution in [3.05, 3.63) is 331 Å². The van der Waals surface area contributed by atoms with Gasteiger partial charge in [-0.05, 0) is 284 Å². The second-order valence-corrected chi connectivity index (χ2v) is 32.3. The van der Waals surface area contributed by atoms with Crippen molar-refractivity contribution in [3.8, 4) is 89.8 Å². The first-order chi connectivity index (χ1) is 62.5. The molecular weight excluding hydrogens is 1730 g/mol. The van der Waals surface area contributed by atoms with E-state index >= 15 is 0 Å². The summed E-state index contributed by atoms with van der Waals surface area (Å²) in [6, 6.07) is 54.5. The Labute approximate surface area is 752 Å². The van der Waals surface area contributed by atoms with E-state index in [1.54, 1.807) is 105 Å². The van der Waals surface area contributed by atoms with Crippen molar-refractivity contribution in [2.24, 2.45) is 0 Å². The summed E-state index contributed by atoms with van der Waals surface area (Å²) in [5.41, 5.74) is 10.8. The maximum Gasteiger partial charge on any atom is 0.416 e. The Morgan fingerprint density at radius 1 is 0.333 bits per heavy atom. The summed E-state index contributed by atoms with van der Waals surface area (Å²) >= 11 is 0. The van der Waals surface area contributed by atoms with Crippen LogP contribution in [-0.2, 0) is 52.4 Å². The summed E-state index contributed by atoms with van der Waals surface area (Å²) < 4.78 is 219. The number of aryl methyl sites for hydroxylation is 3. The molecule has 132 heavy (non-hydrogen) atoms. The molecule has 0 aliphatic carbocycles. The van der Waals surface area contributed by atoms with E-state index in [4.69, 9.17) is 33.2 Å². The number of halogens is 13. The summed E-state index contributed by atoms with van der Waals surface area (Å²) in [5, 5.41) is 0. The average Bonchev–Trinajstić information content (AvgIpc) is 1.45. The average molecular weight is 1820 g/mol. The number of cyclic esters (lactones) is 3. The monoisotopic (exact) mass is 1820 g/mol. The molecule has 15 rings (SSSR count). The Morgan fingerprint density at radius 3 is 0.924 bits per heavy atom. The fourth-order valence-corrected chi connectivity index (χ4v) is 16.6. The van der Waals surface area contributed by atoms with Crippen LogP contribution in [0.3, 0.4) is 0 Å². The van der Waals surface area contributed by atoms with Gasteiger partial charge in [0, 0.05) is 38.9 Å². The molecule has 0 aromatic heterocycles. The molecule has 3 amide bonds. The van der Waals surface area contributed by atoms with Gasteiger partial charge in [0.25, 0.3) is 0 Å². The van der Waals surface area contributed by atoms with E-state index in [0.29, 0.717) is 96.3 Å². The minimum Gasteiger partial charge on any atom is -0.497 e. The van der Waals surface area contributed by atoms with Crippen molar-refractivity contribution < 1.29 is 119 Å². The quantitative estimate of drug-likeness (QED) is 0.0271. The van der Waals surface area contributed by atoms with Crippen LogP contribution in [0.5, 0.6) is 23.0 Å². The molecule has 6 atom stereocenters. The summed E-state index contributed by atoms with van der Waals surface area (Å²) in [4.78, 5) is 78.6. The third-order valence-electron chi connectivity index (χ3n) is 23.7. The van der Waals surface area contributed by atoms with Crippen molar-refractivity contribution in [2.45, 2.75) is 137 Å². The van der Waals surface area contributed by atoms with Crippen LogP contribution in [0.2, 0.25) is 0 Å². The number of rotatable bonds is 22. The van der Waals surface area contributed by atoms with Crippen LogP contribution < -0.4 is 18.9 Å². The lowest BCUT2D eigenvalue weighted by molar-refractivity contribution is -0.138. The Bertz CT molecular complexity index is 6460. The number of ketones is 3. The smallest absolute Gasteiger partial charge is 0.416 e. The molecule has 3 saturated heterocycles. The Morgan fingerprint density at radius 2 is 0.636 bits per heavy atom. The molecule has 3 aliphatic heterocycles. The number of methoxy groups -OCH3 is 4. The third-order valence-corrected chi connectivity index (χ3v) is 23.7. The maximum atomic E-state index is 14.0. The standard InChI is InChI=1S/C35H32F3NO5.C34H27F6NO4.C34H29F4NO4/c1-20-15-23(22(3)40)9-12-29(20)24-10-14-32(43-5)31(18-24)30-13-11-27(35(36,37)38)16-26(30)19-39-21(2)33(44-34(39)41)25-7-6-8-28(17-25)42-4;1-17-11-20(19(3)42)5-8-25(17)21-6-10-30(44-4)27(13-21)26-9-7-24(34(38,39)40)12-23(26)16-41-18(2)32(45-33(41)43)22-14-28(35)31(37)29(36)15-22;1-19-14-22(21(3)40)8-11-28(19)23-9-13-31(42-4)30(17-23)29-12-10-26(34(36,37)38)15-25(29)18-39-20(2)32(43-33(39)41)24-6-5-7-27(35)16-24/h6-18,21,33H,19H2,1-5H3;5-15,18,32H,16H2,1-4H3;5-17,20,32H,18H2,1-4H3/t21-,33-;18-,32-;20-,32-/m000/s1. The number of benzene rings is 12. The molecule has 0 unspecified atom stereocenters. The Balaban J connectivity index is 0.000000168. The molecule has 0 radical (unpaired) electrons. The van der Waals surface area contributed by atoms with Gasteiger partial charge in [-0.3, -0.25) is 29.1 Å². The minimum atomic E-state index is -4.70. The van der Waals surface area contributed by atoms with Gasteiger partial charge in [0.2, 0.25) is 0 Å². The molecule has 0 spiro atoms. The number of carbonyl (C=O) groups excluding carboxylic acids is 6. The molecule has 3 aliphatic rings. The largest absolute Gasteiger partial charge is 0.497 e. The van der Waals surface area contributed by atoms with Gasteiger partial charge in [-0.2, -0.15) is 39.5 Å². The fourth-order valence-electron chi connectivity index (χ4n) is 16.6. The van der Waals surface area contributed by atoms with Crippen LogP contribution in [0.15, 0.2) is 224 Å². The second kappa shape index (κ2) is 38.8. The lowest BCUT2D eigenvalue weighted by atomic mass is 9.91. The molecule has 3 fully saturated rings. The van der Waals surface area contributed by atoms with E-state index in [2.05, 4.69) is 0 Å². The van der Waals surface area contributed by atoms with Crippen molar-refractivity contribution in [3.63, 3.8) is 0 Å². The van der Waals surface area contributed by atoms with E-state index in [1.807, 2.05) is 69.3 Å². The number of Topliss-reactive ketones (excluding diaryl/α,β-unsaturated/α-hetero) is 3. The Kier molecular flexibility index (Phi) is 28.0. The maximum absolute atomic E-state index is 14.0. The molecule has 12 aromatic rings. The van der Waals surface area contributed by atoms with E-state index in [9.17, 15) is 85.8 Å². The fraction of sp³-hybridized carbons (Fsp3) is 0.243. The molecule has 684 valence electrons. The number of hydrogen-bond acceptors (Lipinski definition) is 13. The molecular formula is C103H88F13N3O13. The van der Waals surface area contributed by atoms with E-state index < -0.39 is 113 Å². The van der Waals surface area contributed by atoms with Gasteiger partial charge in [-0.15, -0.1) is 0 Å². The van der Waals surface area contributed by atoms with Crippen LogP contribution >= 0.6 is 0 Å². The van der Waals surface area contributed by atoms with Crippen LogP contribution in [-0.4, -0.2) is 96.9 Å². The summed E-state index contributed by atoms with van der Waals surface area (Å²) in [7, 11) is 5.92. The van der Waals surface area contributed by atoms with Gasteiger partial charge in [-0.1, -0.05) is 97.1 Å². The van der Waals surface area contributed by atoms with Crippen molar-refractivity contribution in [2.75, 3.05) is 28.4 Å². The van der Waals surface area contributed by atoms with Crippen LogP contribution in [0, 0.1) is 44.0 Å². The van der Waals surface area contributed by atoms with Crippen LogP contribution in [0.25, 0.3) is 66.8 Å². The zero-order valence-corrected chi connectivity index (χ0v) is 73.5. The minimum absolute atomic E-state index is 0.0484.